The Kier molecular flexibility index (Phi) is 4.75. The lowest BCUT2D eigenvalue weighted by Gasteiger charge is -2.07. The van der Waals surface area contributed by atoms with Crippen LogP contribution in [0.15, 0.2) is 48.5 Å². The predicted molar refractivity (Wildman–Crippen MR) is 86.0 cm³/mol. The van der Waals surface area contributed by atoms with Crippen LogP contribution in [0.4, 0.5) is 11.4 Å². The molecule has 8 heteroatoms. The van der Waals surface area contributed by atoms with E-state index in [-0.39, 0.29) is 11.4 Å². The third kappa shape index (κ3) is 4.89. The molecule has 0 aromatic heterocycles. The first-order chi connectivity index (χ1) is 10.7. The molecule has 23 heavy (non-hydrogen) atoms. The minimum atomic E-state index is -3.19. The molecule has 0 fully saturated rings. The topological polar surface area (TPSA) is 106 Å². The summed E-state index contributed by atoms with van der Waals surface area (Å²) in [5.74, 6) is -0.569. The molecule has 0 atom stereocenters. The Bertz CT molecular complexity index is 844. The lowest BCUT2D eigenvalue weighted by Crippen LogP contribution is -2.12. The van der Waals surface area contributed by atoms with Crippen LogP contribution in [0.1, 0.15) is 15.9 Å². The van der Waals surface area contributed by atoms with Crippen LogP contribution in [0.2, 0.25) is 0 Å². The van der Waals surface area contributed by atoms with Gasteiger partial charge in [0.05, 0.1) is 10.7 Å². The summed E-state index contributed by atoms with van der Waals surface area (Å²) in [5, 5.41) is 13.2. The molecular weight excluding hydrogens is 320 g/mol. The highest BCUT2D eigenvalue weighted by Gasteiger charge is 2.11. The Balaban J connectivity index is 2.14. The summed E-state index contributed by atoms with van der Waals surface area (Å²) in [6.45, 7) is 0. The van der Waals surface area contributed by atoms with Crippen LogP contribution in [0, 0.1) is 10.1 Å². The van der Waals surface area contributed by atoms with E-state index in [2.05, 4.69) is 5.32 Å². The number of amides is 1. The summed E-state index contributed by atoms with van der Waals surface area (Å²) in [7, 11) is -3.19. The summed E-state index contributed by atoms with van der Waals surface area (Å²) in [4.78, 5) is 22.2. The van der Waals surface area contributed by atoms with Gasteiger partial charge in [-0.25, -0.2) is 8.42 Å². The van der Waals surface area contributed by atoms with E-state index in [0.717, 1.165) is 6.26 Å². The number of nitrogens with one attached hydrogen (secondary N) is 1. The normalized spacial score (nSPS) is 11.0. The van der Waals surface area contributed by atoms with E-state index in [1.165, 1.54) is 30.3 Å². The van der Waals surface area contributed by atoms with Crippen molar-refractivity contribution in [2.24, 2.45) is 0 Å². The van der Waals surface area contributed by atoms with Crippen LogP contribution in [-0.2, 0) is 15.6 Å². The first-order valence-electron chi connectivity index (χ1n) is 6.57. The minimum Gasteiger partial charge on any atom is -0.322 e. The number of hydrogen-bond donors (Lipinski definition) is 1. The Morgan fingerprint density at radius 2 is 1.83 bits per heavy atom. The van der Waals surface area contributed by atoms with Crippen molar-refractivity contribution in [3.05, 3.63) is 69.8 Å². The number of hydrogen-bond acceptors (Lipinski definition) is 5. The third-order valence-electron chi connectivity index (χ3n) is 2.95. The standard InChI is InChI=1S/C15H14N2O5S/c1-23(21,22)10-11-3-2-4-12(9-11)15(18)16-13-5-7-14(8-6-13)17(19)20/h2-9H,10H2,1H3,(H,16,18). The van der Waals surface area contributed by atoms with Crippen molar-refractivity contribution in [3.63, 3.8) is 0 Å². The number of anilines is 1. The number of non-ortho nitro benzene ring substituents is 1. The number of carbonyl (C=O) groups excluding carboxylic acids is 1. The van der Waals surface area contributed by atoms with Crippen molar-refractivity contribution in [1.82, 2.24) is 0 Å². The van der Waals surface area contributed by atoms with E-state index in [1.807, 2.05) is 0 Å². The summed E-state index contributed by atoms with van der Waals surface area (Å²) < 4.78 is 22.6. The molecule has 7 nitrogen and oxygen atoms in total. The molecule has 0 saturated carbocycles. The zero-order chi connectivity index (χ0) is 17.0. The van der Waals surface area contributed by atoms with Crippen molar-refractivity contribution in [2.45, 2.75) is 5.75 Å². The Morgan fingerprint density at radius 3 is 2.39 bits per heavy atom. The van der Waals surface area contributed by atoms with Crippen molar-refractivity contribution in [1.29, 1.82) is 0 Å². The monoisotopic (exact) mass is 334 g/mol. The van der Waals surface area contributed by atoms with E-state index in [0.29, 0.717) is 16.8 Å². The molecule has 0 bridgehead atoms. The molecule has 0 aliphatic rings. The highest BCUT2D eigenvalue weighted by molar-refractivity contribution is 7.89. The maximum atomic E-state index is 12.2. The molecule has 0 aliphatic heterocycles. The molecule has 0 unspecified atom stereocenters. The van der Waals surface area contributed by atoms with E-state index in [1.54, 1.807) is 18.2 Å². The van der Waals surface area contributed by atoms with Crippen LogP contribution < -0.4 is 5.32 Å². The molecule has 120 valence electrons. The van der Waals surface area contributed by atoms with Gasteiger partial charge in [0.2, 0.25) is 0 Å². The van der Waals surface area contributed by atoms with Crippen molar-refractivity contribution in [2.75, 3.05) is 11.6 Å². The minimum absolute atomic E-state index is 0.0712. The molecule has 1 N–H and O–H groups in total. The summed E-state index contributed by atoms with van der Waals surface area (Å²) >= 11 is 0. The second-order valence-electron chi connectivity index (χ2n) is 5.03. The average molecular weight is 334 g/mol. The Labute approximate surface area is 133 Å². The van der Waals surface area contributed by atoms with Gasteiger partial charge in [-0.2, -0.15) is 0 Å². The van der Waals surface area contributed by atoms with Crippen molar-refractivity contribution < 1.29 is 18.1 Å². The highest BCUT2D eigenvalue weighted by atomic mass is 32.2. The first-order valence-corrected chi connectivity index (χ1v) is 8.63. The molecule has 2 aromatic carbocycles. The van der Waals surface area contributed by atoms with Gasteiger partial charge in [-0.3, -0.25) is 14.9 Å². The van der Waals surface area contributed by atoms with Crippen LogP contribution in [-0.4, -0.2) is 25.5 Å². The summed E-state index contributed by atoms with van der Waals surface area (Å²) in [5.41, 5.74) is 1.17. The zero-order valence-corrected chi connectivity index (χ0v) is 13.0. The molecule has 2 rings (SSSR count). The van der Waals surface area contributed by atoms with Gasteiger partial charge < -0.3 is 5.32 Å². The fourth-order valence-corrected chi connectivity index (χ4v) is 2.76. The number of carbonyl (C=O) groups is 1. The fraction of sp³-hybridized carbons (Fsp3) is 0.133. The van der Waals surface area contributed by atoms with Crippen molar-refractivity contribution in [3.8, 4) is 0 Å². The van der Waals surface area contributed by atoms with E-state index >= 15 is 0 Å². The number of rotatable bonds is 5. The molecule has 0 spiro atoms. The Hall–Kier alpha value is -2.74. The lowest BCUT2D eigenvalue weighted by atomic mass is 10.1. The largest absolute Gasteiger partial charge is 0.322 e. The van der Waals surface area contributed by atoms with Crippen LogP contribution >= 0.6 is 0 Å². The van der Waals surface area contributed by atoms with Crippen LogP contribution in [0.5, 0.6) is 0 Å². The average Bonchev–Trinajstić information content (AvgIpc) is 2.46. The molecule has 0 heterocycles. The highest BCUT2D eigenvalue weighted by Crippen LogP contribution is 2.17. The molecule has 2 aromatic rings. The Morgan fingerprint density at radius 1 is 1.17 bits per heavy atom. The molecular formula is C15H14N2O5S. The van der Waals surface area contributed by atoms with Gasteiger partial charge in [0, 0.05) is 29.6 Å². The summed E-state index contributed by atoms with van der Waals surface area (Å²) in [6.07, 6.45) is 1.12. The van der Waals surface area contributed by atoms with Gasteiger partial charge in [-0.15, -0.1) is 0 Å². The maximum absolute atomic E-state index is 12.2. The molecule has 1 amide bonds. The predicted octanol–water partition coefficient (Wildman–Crippen LogP) is 2.39. The first kappa shape index (κ1) is 16.6. The van der Waals surface area contributed by atoms with E-state index < -0.39 is 20.7 Å². The van der Waals surface area contributed by atoms with Crippen LogP contribution in [0.25, 0.3) is 0 Å². The number of benzene rings is 2. The number of nitro groups is 1. The lowest BCUT2D eigenvalue weighted by molar-refractivity contribution is -0.384. The van der Waals surface area contributed by atoms with Gasteiger partial charge >= 0.3 is 0 Å². The maximum Gasteiger partial charge on any atom is 0.269 e. The molecule has 0 radical (unpaired) electrons. The fourth-order valence-electron chi connectivity index (χ4n) is 1.97. The summed E-state index contributed by atoms with van der Waals surface area (Å²) in [6, 6.07) is 11.7. The van der Waals surface area contributed by atoms with E-state index in [4.69, 9.17) is 0 Å². The zero-order valence-electron chi connectivity index (χ0n) is 12.2. The SMILES string of the molecule is CS(=O)(=O)Cc1cccc(C(=O)Nc2ccc([N+](=O)[O-])cc2)c1. The quantitative estimate of drug-likeness (QED) is 0.667. The second kappa shape index (κ2) is 6.57. The number of sulfone groups is 1. The van der Waals surface area contributed by atoms with Crippen molar-refractivity contribution >= 4 is 27.1 Å². The van der Waals surface area contributed by atoms with Gasteiger partial charge in [0.15, 0.2) is 9.84 Å². The molecule has 0 saturated heterocycles. The van der Waals surface area contributed by atoms with Gasteiger partial charge in [0.1, 0.15) is 0 Å². The molecule has 0 aliphatic carbocycles. The third-order valence-corrected chi connectivity index (χ3v) is 3.81. The van der Waals surface area contributed by atoms with Gasteiger partial charge in [-0.1, -0.05) is 12.1 Å². The smallest absolute Gasteiger partial charge is 0.269 e. The second-order valence-corrected chi connectivity index (χ2v) is 7.17. The van der Waals surface area contributed by atoms with E-state index in [9.17, 15) is 23.3 Å². The number of nitro benzene ring substituents is 1. The number of nitrogens with zero attached hydrogens (tertiary/aromatic N) is 1. The van der Waals surface area contributed by atoms with Gasteiger partial charge in [0.25, 0.3) is 11.6 Å². The van der Waals surface area contributed by atoms with Gasteiger partial charge in [-0.05, 0) is 29.8 Å². The van der Waals surface area contributed by atoms with Crippen LogP contribution in [0.3, 0.4) is 0 Å².